The van der Waals surface area contributed by atoms with Crippen molar-refractivity contribution >= 4 is 38.4 Å². The zero-order valence-corrected chi connectivity index (χ0v) is 15.2. The van der Waals surface area contributed by atoms with E-state index in [1.807, 2.05) is 61.5 Å². The minimum atomic E-state index is -0.211. The predicted octanol–water partition coefficient (Wildman–Crippen LogP) is 2.52. The maximum atomic E-state index is 12.8. The number of aromatic amines is 1. The smallest absolute Gasteiger partial charge is 0.270 e. The van der Waals surface area contributed by atoms with E-state index in [0.29, 0.717) is 17.6 Å². The van der Waals surface area contributed by atoms with E-state index in [2.05, 4.69) is 15.3 Å². The summed E-state index contributed by atoms with van der Waals surface area (Å²) in [5.41, 5.74) is 0.964. The first kappa shape index (κ1) is 17.2. The van der Waals surface area contributed by atoms with Crippen LogP contribution in [0.3, 0.4) is 0 Å². The van der Waals surface area contributed by atoms with Crippen LogP contribution >= 0.6 is 0 Å². The number of rotatable bonds is 4. The van der Waals surface area contributed by atoms with Crippen molar-refractivity contribution in [1.29, 1.82) is 0 Å². The van der Waals surface area contributed by atoms with Gasteiger partial charge in [0.15, 0.2) is 0 Å². The summed E-state index contributed by atoms with van der Waals surface area (Å²) in [6.45, 7) is 1.28. The van der Waals surface area contributed by atoms with Gasteiger partial charge in [-0.15, -0.1) is 0 Å². The summed E-state index contributed by atoms with van der Waals surface area (Å²) < 4.78 is 0. The molecule has 4 aromatic rings. The summed E-state index contributed by atoms with van der Waals surface area (Å²) in [7, 11) is 3.92. The second kappa shape index (κ2) is 6.81. The highest BCUT2D eigenvalue weighted by molar-refractivity contribution is 6.17. The molecule has 2 aromatic heterocycles. The highest BCUT2D eigenvalue weighted by atomic mass is 16.2. The van der Waals surface area contributed by atoms with E-state index in [-0.39, 0.29) is 11.5 Å². The summed E-state index contributed by atoms with van der Waals surface area (Å²) in [6, 6.07) is 13.2. The minimum Gasteiger partial charge on any atom is -0.349 e. The maximum Gasteiger partial charge on any atom is 0.270 e. The number of amides is 1. The molecule has 4 rings (SSSR count). The molecule has 6 nitrogen and oxygen atoms in total. The number of para-hydroxylation sites is 1. The van der Waals surface area contributed by atoms with Crippen molar-refractivity contribution in [3.05, 3.63) is 64.7 Å². The second-order valence-corrected chi connectivity index (χ2v) is 6.83. The van der Waals surface area contributed by atoms with Crippen LogP contribution in [0.2, 0.25) is 0 Å². The Kier molecular flexibility index (Phi) is 4.33. The Morgan fingerprint density at radius 1 is 1.07 bits per heavy atom. The predicted molar refractivity (Wildman–Crippen MR) is 108 cm³/mol. The van der Waals surface area contributed by atoms with E-state index in [4.69, 9.17) is 0 Å². The normalized spacial score (nSPS) is 11.5. The molecule has 2 aromatic carbocycles. The number of hydrogen-bond acceptors (Lipinski definition) is 4. The lowest BCUT2D eigenvalue weighted by molar-refractivity contribution is 0.0948. The molecule has 136 valence electrons. The molecule has 0 aliphatic carbocycles. The van der Waals surface area contributed by atoms with Crippen LogP contribution in [0.4, 0.5) is 0 Å². The van der Waals surface area contributed by atoms with Crippen molar-refractivity contribution in [2.75, 3.05) is 27.2 Å². The summed E-state index contributed by atoms with van der Waals surface area (Å²) in [5, 5.41) is 6.83. The standard InChI is InChI=1S/C21H20N4O2/c1-25(2)10-9-23-21(27)19-17-11-13-7-8-22-20(26)15(13)12-16(17)14-5-3-4-6-18(14)24-19/h3-8,11-12H,9-10H2,1-2H3,(H,22,26)(H,23,27). The van der Waals surface area contributed by atoms with E-state index >= 15 is 0 Å². The lowest BCUT2D eigenvalue weighted by atomic mass is 10.00. The summed E-state index contributed by atoms with van der Waals surface area (Å²) >= 11 is 0. The number of likely N-dealkylation sites (N-methyl/N-ethyl adjacent to an activating group) is 1. The number of H-pyrrole nitrogens is 1. The van der Waals surface area contributed by atoms with Crippen LogP contribution in [0.25, 0.3) is 32.4 Å². The molecule has 0 spiro atoms. The number of carbonyl (C=O) groups is 1. The highest BCUT2D eigenvalue weighted by Crippen LogP contribution is 2.29. The SMILES string of the molecule is CN(C)CCNC(=O)c1nc2ccccc2c2cc3c(=O)[nH]ccc3cc12. The molecule has 0 atom stereocenters. The molecular weight excluding hydrogens is 340 g/mol. The Morgan fingerprint density at radius 2 is 1.89 bits per heavy atom. The topological polar surface area (TPSA) is 78.1 Å². The van der Waals surface area contributed by atoms with Crippen LogP contribution in [0, 0.1) is 0 Å². The summed E-state index contributed by atoms with van der Waals surface area (Å²) in [6.07, 6.45) is 1.61. The van der Waals surface area contributed by atoms with Crippen LogP contribution in [-0.4, -0.2) is 48.0 Å². The van der Waals surface area contributed by atoms with Crippen molar-refractivity contribution < 1.29 is 4.79 Å². The fourth-order valence-corrected chi connectivity index (χ4v) is 3.28. The number of benzene rings is 2. The van der Waals surface area contributed by atoms with E-state index < -0.39 is 0 Å². The molecule has 2 N–H and O–H groups in total. The van der Waals surface area contributed by atoms with Gasteiger partial charge in [0, 0.05) is 35.4 Å². The first-order chi connectivity index (χ1) is 13.0. The van der Waals surface area contributed by atoms with Crippen molar-refractivity contribution in [2.24, 2.45) is 0 Å². The summed E-state index contributed by atoms with van der Waals surface area (Å²) in [5.74, 6) is -0.211. The van der Waals surface area contributed by atoms with Crippen LogP contribution in [0.1, 0.15) is 10.5 Å². The fourth-order valence-electron chi connectivity index (χ4n) is 3.28. The van der Waals surface area contributed by atoms with Crippen molar-refractivity contribution in [3.8, 4) is 0 Å². The van der Waals surface area contributed by atoms with E-state index in [1.54, 1.807) is 6.20 Å². The number of nitrogens with zero attached hydrogens (tertiary/aromatic N) is 2. The third kappa shape index (κ3) is 3.15. The Hall–Kier alpha value is -3.25. The van der Waals surface area contributed by atoms with Crippen LogP contribution in [-0.2, 0) is 0 Å². The third-order valence-corrected chi connectivity index (χ3v) is 4.65. The largest absolute Gasteiger partial charge is 0.349 e. The average Bonchev–Trinajstić information content (AvgIpc) is 2.66. The van der Waals surface area contributed by atoms with Gasteiger partial charge in [-0.25, -0.2) is 4.98 Å². The molecular formula is C21H20N4O2. The lowest BCUT2D eigenvalue weighted by Gasteiger charge is -2.13. The Balaban J connectivity index is 1.96. The molecule has 0 aliphatic rings. The van der Waals surface area contributed by atoms with Gasteiger partial charge >= 0.3 is 0 Å². The molecule has 0 aliphatic heterocycles. The number of aromatic nitrogens is 2. The van der Waals surface area contributed by atoms with Gasteiger partial charge in [0.25, 0.3) is 11.5 Å². The molecule has 2 heterocycles. The minimum absolute atomic E-state index is 0.146. The molecule has 6 heteroatoms. The van der Waals surface area contributed by atoms with Crippen LogP contribution in [0.15, 0.2) is 53.5 Å². The molecule has 1 amide bonds. The molecule has 0 saturated heterocycles. The van der Waals surface area contributed by atoms with Gasteiger partial charge in [0.2, 0.25) is 0 Å². The van der Waals surface area contributed by atoms with Crippen LogP contribution < -0.4 is 10.9 Å². The molecule has 0 fully saturated rings. The Morgan fingerprint density at radius 3 is 2.70 bits per heavy atom. The second-order valence-electron chi connectivity index (χ2n) is 6.83. The van der Waals surface area contributed by atoms with Crippen LogP contribution in [0.5, 0.6) is 0 Å². The average molecular weight is 360 g/mol. The quantitative estimate of drug-likeness (QED) is 0.433. The van der Waals surface area contributed by atoms with Gasteiger partial charge in [-0.1, -0.05) is 18.2 Å². The van der Waals surface area contributed by atoms with E-state index in [1.165, 1.54) is 0 Å². The molecule has 0 bridgehead atoms. The monoisotopic (exact) mass is 360 g/mol. The Bertz CT molecular complexity index is 1230. The van der Waals surface area contributed by atoms with Gasteiger partial charge in [0.1, 0.15) is 5.69 Å². The van der Waals surface area contributed by atoms with Gasteiger partial charge in [-0.05, 0) is 49.1 Å². The zero-order chi connectivity index (χ0) is 19.0. The van der Waals surface area contributed by atoms with Gasteiger partial charge in [-0.2, -0.15) is 0 Å². The van der Waals surface area contributed by atoms with Gasteiger partial charge in [-0.3, -0.25) is 9.59 Å². The fraction of sp³-hybridized carbons (Fsp3) is 0.190. The van der Waals surface area contributed by atoms with Gasteiger partial charge in [0.05, 0.1) is 5.52 Å². The third-order valence-electron chi connectivity index (χ3n) is 4.65. The number of fused-ring (bicyclic) bond motifs is 4. The van der Waals surface area contributed by atoms with Crippen molar-refractivity contribution in [2.45, 2.75) is 0 Å². The molecule has 0 saturated carbocycles. The first-order valence-electron chi connectivity index (χ1n) is 8.81. The van der Waals surface area contributed by atoms with Crippen molar-refractivity contribution in [3.63, 3.8) is 0 Å². The maximum absolute atomic E-state index is 12.8. The van der Waals surface area contributed by atoms with Gasteiger partial charge < -0.3 is 15.2 Å². The molecule has 27 heavy (non-hydrogen) atoms. The summed E-state index contributed by atoms with van der Waals surface area (Å²) in [4.78, 5) is 34.4. The van der Waals surface area contributed by atoms with E-state index in [9.17, 15) is 9.59 Å². The number of pyridine rings is 2. The van der Waals surface area contributed by atoms with Crippen molar-refractivity contribution in [1.82, 2.24) is 20.2 Å². The number of carbonyl (C=O) groups excluding carboxylic acids is 1. The van der Waals surface area contributed by atoms with E-state index in [0.717, 1.165) is 33.6 Å². The first-order valence-corrected chi connectivity index (χ1v) is 8.81. The molecule has 0 unspecified atom stereocenters. The highest BCUT2D eigenvalue weighted by Gasteiger charge is 2.16. The lowest BCUT2D eigenvalue weighted by Crippen LogP contribution is -2.32. The number of nitrogens with one attached hydrogen (secondary N) is 2. The Labute approximate surface area is 155 Å². The zero-order valence-electron chi connectivity index (χ0n) is 15.2. The number of hydrogen-bond donors (Lipinski definition) is 2. The molecule has 0 radical (unpaired) electrons.